The lowest BCUT2D eigenvalue weighted by Crippen LogP contribution is -2.35. The Morgan fingerprint density at radius 1 is 1.32 bits per heavy atom. The van der Waals surface area contributed by atoms with Gasteiger partial charge in [0, 0.05) is 31.0 Å². The fourth-order valence-electron chi connectivity index (χ4n) is 1.89. The molecule has 1 fully saturated rings. The molecule has 2 rings (SSSR count). The minimum atomic E-state index is 0.0292. The largest absolute Gasteiger partial charge is 0.354 e. The predicted molar refractivity (Wildman–Crippen MR) is 76.1 cm³/mol. The highest BCUT2D eigenvalue weighted by Gasteiger charge is 2.18. The first-order valence-corrected chi connectivity index (χ1v) is 7.37. The Kier molecular flexibility index (Phi) is 4.85. The van der Waals surface area contributed by atoms with Gasteiger partial charge in [-0.25, -0.2) is 0 Å². The van der Waals surface area contributed by atoms with Crippen molar-refractivity contribution in [3.63, 3.8) is 0 Å². The molecule has 19 heavy (non-hydrogen) atoms. The number of rotatable bonds is 3. The Labute approximate surface area is 117 Å². The van der Waals surface area contributed by atoms with E-state index in [9.17, 15) is 9.59 Å². The first-order valence-electron chi connectivity index (χ1n) is 6.39. The number of nitrogens with one attached hydrogen (secondary N) is 1. The highest BCUT2D eigenvalue weighted by molar-refractivity contribution is 8.00. The summed E-state index contributed by atoms with van der Waals surface area (Å²) in [4.78, 5) is 26.1. The summed E-state index contributed by atoms with van der Waals surface area (Å²) in [6, 6.07) is 8.14. The summed E-state index contributed by atoms with van der Waals surface area (Å²) in [7, 11) is 0. The molecule has 1 aliphatic heterocycles. The van der Waals surface area contributed by atoms with E-state index in [1.807, 2.05) is 31.2 Å². The van der Waals surface area contributed by atoms with Crippen molar-refractivity contribution in [3.8, 4) is 0 Å². The molecule has 0 unspecified atom stereocenters. The number of aryl methyl sites for hydroxylation is 1. The van der Waals surface area contributed by atoms with E-state index in [-0.39, 0.29) is 11.8 Å². The number of amides is 2. The van der Waals surface area contributed by atoms with Gasteiger partial charge < -0.3 is 10.2 Å². The van der Waals surface area contributed by atoms with Crippen molar-refractivity contribution >= 4 is 23.6 Å². The van der Waals surface area contributed by atoms with E-state index in [1.54, 1.807) is 16.7 Å². The molecule has 102 valence electrons. The number of carbonyl (C=O) groups is 2. The minimum absolute atomic E-state index is 0.0292. The second kappa shape index (κ2) is 6.61. The summed E-state index contributed by atoms with van der Waals surface area (Å²) in [5, 5.41) is 2.77. The molecule has 0 aliphatic carbocycles. The van der Waals surface area contributed by atoms with Crippen molar-refractivity contribution in [1.29, 1.82) is 0 Å². The quantitative estimate of drug-likeness (QED) is 0.851. The summed E-state index contributed by atoms with van der Waals surface area (Å²) >= 11 is 1.54. The molecule has 1 aromatic carbocycles. The fourth-order valence-corrected chi connectivity index (χ4v) is 2.69. The van der Waals surface area contributed by atoms with Crippen LogP contribution < -0.4 is 5.32 Å². The van der Waals surface area contributed by atoms with Gasteiger partial charge >= 0.3 is 0 Å². The van der Waals surface area contributed by atoms with Crippen molar-refractivity contribution in [3.05, 3.63) is 29.8 Å². The van der Waals surface area contributed by atoms with Crippen molar-refractivity contribution in [2.24, 2.45) is 0 Å². The molecular weight excluding hydrogens is 260 g/mol. The third-order valence-corrected chi connectivity index (χ3v) is 4.05. The van der Waals surface area contributed by atoms with Gasteiger partial charge in [0.1, 0.15) is 0 Å². The Balaban J connectivity index is 1.83. The van der Waals surface area contributed by atoms with Gasteiger partial charge in [-0.2, -0.15) is 0 Å². The van der Waals surface area contributed by atoms with Gasteiger partial charge in [-0.1, -0.05) is 17.7 Å². The second-order valence-electron chi connectivity index (χ2n) is 4.58. The minimum Gasteiger partial charge on any atom is -0.354 e. The summed E-state index contributed by atoms with van der Waals surface area (Å²) in [5.41, 5.74) is 1.22. The second-order valence-corrected chi connectivity index (χ2v) is 5.63. The number of nitrogens with zero attached hydrogens (tertiary/aromatic N) is 1. The van der Waals surface area contributed by atoms with Crippen LogP contribution in [0.5, 0.6) is 0 Å². The molecule has 0 saturated carbocycles. The molecule has 0 atom stereocenters. The van der Waals surface area contributed by atoms with Gasteiger partial charge in [0.25, 0.3) is 0 Å². The first kappa shape index (κ1) is 13.9. The first-order chi connectivity index (χ1) is 9.15. The maximum Gasteiger partial charge on any atom is 0.233 e. The van der Waals surface area contributed by atoms with Crippen molar-refractivity contribution in [2.75, 3.05) is 25.4 Å². The van der Waals surface area contributed by atoms with E-state index in [4.69, 9.17) is 0 Å². The number of hydrogen-bond acceptors (Lipinski definition) is 3. The lowest BCUT2D eigenvalue weighted by molar-refractivity contribution is -0.128. The standard InChI is InChI=1S/C14H18N2O2S/c1-11-2-4-12(5-3-11)19-10-14(18)16-8-6-13(17)15-7-9-16/h2-5H,6-10H2,1H3,(H,15,17). The van der Waals surface area contributed by atoms with Crippen LogP contribution >= 0.6 is 11.8 Å². The van der Waals surface area contributed by atoms with Crippen LogP contribution in [0.4, 0.5) is 0 Å². The summed E-state index contributed by atoms with van der Waals surface area (Å²) in [5.74, 6) is 0.556. The molecule has 0 bridgehead atoms. The maximum absolute atomic E-state index is 12.1. The zero-order valence-corrected chi connectivity index (χ0v) is 11.8. The van der Waals surface area contributed by atoms with E-state index in [1.165, 1.54) is 5.56 Å². The molecular formula is C14H18N2O2S. The monoisotopic (exact) mass is 278 g/mol. The maximum atomic E-state index is 12.1. The lowest BCUT2D eigenvalue weighted by atomic mass is 10.2. The zero-order valence-electron chi connectivity index (χ0n) is 11.0. The van der Waals surface area contributed by atoms with Gasteiger partial charge in [0.05, 0.1) is 5.75 Å². The molecule has 2 amide bonds. The number of carbonyl (C=O) groups excluding carboxylic acids is 2. The smallest absolute Gasteiger partial charge is 0.233 e. The molecule has 1 aliphatic rings. The van der Waals surface area contributed by atoms with Gasteiger partial charge in [-0.05, 0) is 19.1 Å². The van der Waals surface area contributed by atoms with Crippen LogP contribution in [-0.4, -0.2) is 42.1 Å². The van der Waals surface area contributed by atoms with Gasteiger partial charge in [-0.3, -0.25) is 9.59 Å². The van der Waals surface area contributed by atoms with E-state index in [0.29, 0.717) is 31.8 Å². The Morgan fingerprint density at radius 2 is 2.05 bits per heavy atom. The molecule has 0 radical (unpaired) electrons. The van der Waals surface area contributed by atoms with Gasteiger partial charge in [0.2, 0.25) is 11.8 Å². The van der Waals surface area contributed by atoms with Crippen LogP contribution in [0.1, 0.15) is 12.0 Å². The molecule has 5 heteroatoms. The highest BCUT2D eigenvalue weighted by Crippen LogP contribution is 2.18. The van der Waals surface area contributed by atoms with Gasteiger partial charge in [0.15, 0.2) is 0 Å². The van der Waals surface area contributed by atoms with E-state index >= 15 is 0 Å². The summed E-state index contributed by atoms with van der Waals surface area (Å²) in [6.07, 6.45) is 0.404. The molecule has 1 N–H and O–H groups in total. The molecule has 4 nitrogen and oxygen atoms in total. The summed E-state index contributed by atoms with van der Waals surface area (Å²) in [6.45, 7) is 3.73. The summed E-state index contributed by atoms with van der Waals surface area (Å²) < 4.78 is 0. The van der Waals surface area contributed by atoms with Crippen LogP contribution in [0.2, 0.25) is 0 Å². The third kappa shape index (κ3) is 4.28. The molecule has 1 saturated heterocycles. The molecule has 1 aromatic rings. The Hall–Kier alpha value is -1.49. The third-order valence-electron chi connectivity index (χ3n) is 3.05. The highest BCUT2D eigenvalue weighted by atomic mass is 32.2. The Morgan fingerprint density at radius 3 is 2.79 bits per heavy atom. The molecule has 0 spiro atoms. The Bertz CT molecular complexity index is 459. The average molecular weight is 278 g/mol. The van der Waals surface area contributed by atoms with Crippen LogP contribution in [-0.2, 0) is 9.59 Å². The number of thioether (sulfide) groups is 1. The molecule has 1 heterocycles. The van der Waals surface area contributed by atoms with E-state index in [2.05, 4.69) is 5.32 Å². The van der Waals surface area contributed by atoms with Gasteiger partial charge in [-0.15, -0.1) is 11.8 Å². The van der Waals surface area contributed by atoms with E-state index < -0.39 is 0 Å². The van der Waals surface area contributed by atoms with Crippen LogP contribution in [0.3, 0.4) is 0 Å². The molecule has 0 aromatic heterocycles. The normalized spacial score (nSPS) is 15.8. The lowest BCUT2D eigenvalue weighted by Gasteiger charge is -2.19. The number of hydrogen-bond donors (Lipinski definition) is 1. The number of benzene rings is 1. The predicted octanol–water partition coefficient (Wildman–Crippen LogP) is 1.44. The van der Waals surface area contributed by atoms with Crippen molar-refractivity contribution < 1.29 is 9.59 Å². The average Bonchev–Trinajstić information content (AvgIpc) is 2.63. The van der Waals surface area contributed by atoms with E-state index in [0.717, 1.165) is 4.90 Å². The fraction of sp³-hybridized carbons (Fsp3) is 0.429. The van der Waals surface area contributed by atoms with Crippen LogP contribution in [0.15, 0.2) is 29.2 Å². The van der Waals surface area contributed by atoms with Crippen molar-refractivity contribution in [2.45, 2.75) is 18.2 Å². The SMILES string of the molecule is Cc1ccc(SCC(=O)N2CCNC(=O)CC2)cc1. The van der Waals surface area contributed by atoms with Crippen LogP contribution in [0, 0.1) is 6.92 Å². The zero-order chi connectivity index (χ0) is 13.7. The topological polar surface area (TPSA) is 49.4 Å². The van der Waals surface area contributed by atoms with Crippen molar-refractivity contribution in [1.82, 2.24) is 10.2 Å². The van der Waals surface area contributed by atoms with Crippen LogP contribution in [0.25, 0.3) is 0 Å².